The third kappa shape index (κ3) is 5.60. The van der Waals surface area contributed by atoms with E-state index in [1.807, 2.05) is 0 Å². The molecule has 0 unspecified atom stereocenters. The van der Waals surface area contributed by atoms with Gasteiger partial charge >= 0.3 is 153 Å². The zero-order chi connectivity index (χ0) is 16.9. The fraction of sp³-hybridized carbons (Fsp3) is 1.00. The van der Waals surface area contributed by atoms with Crippen molar-refractivity contribution < 1.29 is 33.6 Å². The minimum absolute atomic E-state index is 0. The van der Waals surface area contributed by atoms with Gasteiger partial charge in [0.1, 0.15) is 0 Å². The SMILES string of the molecule is C[N+]1(C[CH2][Ge]([CH2]O)([CH]2CCCCC2)[CH]2CCCCC2)CCCCC1.[I-]. The normalized spacial score (nSPS) is 26.2. The average molecular weight is 524 g/mol. The maximum atomic E-state index is 10.8. The molecule has 0 spiro atoms. The van der Waals surface area contributed by atoms with Gasteiger partial charge in [0.2, 0.25) is 0 Å². The van der Waals surface area contributed by atoms with Gasteiger partial charge in [0.25, 0.3) is 0 Å². The van der Waals surface area contributed by atoms with Crippen LogP contribution in [0.3, 0.4) is 0 Å². The smallest absolute Gasteiger partial charge is 1.00 e. The number of nitrogens with zero attached hydrogens (tertiary/aromatic N) is 1. The topological polar surface area (TPSA) is 20.2 Å². The third-order valence-electron chi connectivity index (χ3n) is 8.14. The van der Waals surface area contributed by atoms with Crippen LogP contribution in [0, 0.1) is 0 Å². The Morgan fingerprint density at radius 3 is 1.64 bits per heavy atom. The Bertz CT molecular complexity index is 356. The van der Waals surface area contributed by atoms with Gasteiger partial charge in [0, 0.05) is 0 Å². The Labute approximate surface area is 176 Å². The average Bonchev–Trinajstić information content (AvgIpc) is 2.65. The van der Waals surface area contributed by atoms with E-state index < -0.39 is 13.3 Å². The molecule has 1 saturated heterocycles. The maximum absolute atomic E-state index is 10.8. The van der Waals surface area contributed by atoms with Crippen molar-refractivity contribution in [1.29, 1.82) is 0 Å². The zero-order valence-electron chi connectivity index (χ0n) is 16.7. The number of likely N-dealkylation sites (tertiary alicyclic amines) is 1. The molecule has 1 N–H and O–H groups in total. The first-order chi connectivity index (χ1) is 11.7. The Hall–Kier alpha value is 1.19. The van der Waals surface area contributed by atoms with Gasteiger partial charge in [-0.15, -0.1) is 0 Å². The van der Waals surface area contributed by atoms with Crippen LogP contribution in [0.15, 0.2) is 0 Å². The van der Waals surface area contributed by atoms with Crippen molar-refractivity contribution in [3.8, 4) is 0 Å². The summed E-state index contributed by atoms with van der Waals surface area (Å²) in [6, 6.07) is 0. The molecule has 0 bridgehead atoms. The van der Waals surface area contributed by atoms with E-state index >= 15 is 0 Å². The van der Waals surface area contributed by atoms with E-state index in [0.29, 0.717) is 5.44 Å². The van der Waals surface area contributed by atoms with Gasteiger partial charge in [-0.05, 0) is 0 Å². The third-order valence-corrected chi connectivity index (χ3v) is 21.0. The summed E-state index contributed by atoms with van der Waals surface area (Å²) in [5, 5.41) is 12.2. The van der Waals surface area contributed by atoms with Crippen molar-refractivity contribution in [1.82, 2.24) is 0 Å². The van der Waals surface area contributed by atoms with Gasteiger partial charge in [-0.2, -0.15) is 0 Å². The van der Waals surface area contributed by atoms with Gasteiger partial charge in [0.05, 0.1) is 0 Å². The number of aliphatic hydroxyl groups excluding tert-OH is 1. The van der Waals surface area contributed by atoms with Crippen LogP contribution in [0.5, 0.6) is 0 Å². The Morgan fingerprint density at radius 1 is 0.760 bits per heavy atom. The second kappa shape index (κ2) is 10.7. The molecule has 2 aliphatic carbocycles. The van der Waals surface area contributed by atoms with E-state index in [1.54, 1.807) is 0 Å². The predicted molar refractivity (Wildman–Crippen MR) is 106 cm³/mol. The van der Waals surface area contributed by atoms with Crippen molar-refractivity contribution in [2.45, 2.75) is 98.2 Å². The maximum Gasteiger partial charge on any atom is -1.00 e. The van der Waals surface area contributed by atoms with Crippen LogP contribution in [0.1, 0.15) is 83.5 Å². The molecule has 2 nitrogen and oxygen atoms in total. The minimum Gasteiger partial charge on any atom is -1.00 e. The first-order valence-electron chi connectivity index (χ1n) is 11.1. The fourth-order valence-electron chi connectivity index (χ4n) is 6.41. The number of rotatable bonds is 6. The molecule has 3 fully saturated rings. The van der Waals surface area contributed by atoms with E-state index in [1.165, 1.54) is 113 Å². The summed E-state index contributed by atoms with van der Waals surface area (Å²) in [5.74, 6) is 0. The summed E-state index contributed by atoms with van der Waals surface area (Å²) in [6.07, 6.45) is 18.9. The Kier molecular flexibility index (Phi) is 9.59. The molecule has 3 rings (SSSR count). The van der Waals surface area contributed by atoms with E-state index in [0.717, 1.165) is 9.50 Å². The van der Waals surface area contributed by atoms with Crippen LogP contribution in [0.4, 0.5) is 0 Å². The summed E-state index contributed by atoms with van der Waals surface area (Å²) in [7, 11) is 2.52. The van der Waals surface area contributed by atoms with Crippen LogP contribution in [0.2, 0.25) is 14.8 Å². The van der Waals surface area contributed by atoms with Crippen LogP contribution < -0.4 is 24.0 Å². The van der Waals surface area contributed by atoms with Gasteiger partial charge in [0.15, 0.2) is 0 Å². The second-order valence-corrected chi connectivity index (χ2v) is 20.0. The summed E-state index contributed by atoms with van der Waals surface area (Å²) in [4.78, 5) is 0. The number of hydrogen-bond acceptors (Lipinski definition) is 1. The van der Waals surface area contributed by atoms with E-state index in [9.17, 15) is 5.11 Å². The summed E-state index contributed by atoms with van der Waals surface area (Å²) >= 11 is -2.19. The van der Waals surface area contributed by atoms with Gasteiger partial charge in [-0.3, -0.25) is 0 Å². The molecule has 3 aliphatic rings. The van der Waals surface area contributed by atoms with Gasteiger partial charge in [-0.1, -0.05) is 0 Å². The summed E-state index contributed by atoms with van der Waals surface area (Å²) < 4.78 is 3.30. The predicted octanol–water partition coefficient (Wildman–Crippen LogP) is 2.27. The van der Waals surface area contributed by atoms with Crippen LogP contribution in [0.25, 0.3) is 0 Å². The molecule has 0 atom stereocenters. The molecule has 4 heteroatoms. The Balaban J connectivity index is 0.00000225. The fourth-order valence-corrected chi connectivity index (χ4v) is 19.5. The van der Waals surface area contributed by atoms with Crippen molar-refractivity contribution in [2.24, 2.45) is 0 Å². The summed E-state index contributed by atoms with van der Waals surface area (Å²) in [5.41, 5.74) is 0.648. The van der Waals surface area contributed by atoms with Crippen molar-refractivity contribution in [3.05, 3.63) is 0 Å². The molecular weight excluding hydrogens is 482 g/mol. The second-order valence-electron chi connectivity index (χ2n) is 9.66. The number of piperidine rings is 1. The molecule has 0 aromatic heterocycles. The van der Waals surface area contributed by atoms with E-state index in [4.69, 9.17) is 0 Å². The van der Waals surface area contributed by atoms with Crippen molar-refractivity contribution >= 4 is 13.3 Å². The summed E-state index contributed by atoms with van der Waals surface area (Å²) in [6.45, 7) is 4.20. The number of aliphatic hydroxyl groups is 1. The zero-order valence-corrected chi connectivity index (χ0v) is 20.9. The molecule has 1 heterocycles. The first kappa shape index (κ1) is 22.5. The quantitative estimate of drug-likeness (QED) is 0.322. The number of quaternary nitrogens is 1. The standard InChI is InChI=1S/C21H42GeNO.HI/c1-23(16-9-4-10-17-23)18-15-22(19-24,20-11-5-2-6-12-20)21-13-7-3-8-14-21;/h20-21,24H,2-19H2,1H3;1H/q+1;/p-1. The molecule has 25 heavy (non-hydrogen) atoms. The Morgan fingerprint density at radius 2 is 1.20 bits per heavy atom. The molecular formula is C21H42GeINO. The largest absolute Gasteiger partial charge is 1.00 e. The van der Waals surface area contributed by atoms with E-state index in [-0.39, 0.29) is 24.0 Å². The molecule has 0 aromatic carbocycles. The minimum atomic E-state index is -2.19. The van der Waals surface area contributed by atoms with E-state index in [2.05, 4.69) is 7.05 Å². The molecule has 1 aliphatic heterocycles. The van der Waals surface area contributed by atoms with Gasteiger partial charge in [-0.25, -0.2) is 0 Å². The molecule has 2 saturated carbocycles. The molecule has 148 valence electrons. The van der Waals surface area contributed by atoms with Crippen molar-refractivity contribution in [2.75, 3.05) is 32.1 Å². The number of halogens is 1. The molecule has 0 amide bonds. The number of hydrogen-bond donors (Lipinski definition) is 1. The van der Waals surface area contributed by atoms with Crippen LogP contribution in [-0.2, 0) is 0 Å². The van der Waals surface area contributed by atoms with Crippen molar-refractivity contribution in [3.63, 3.8) is 0 Å². The van der Waals surface area contributed by atoms with Gasteiger partial charge < -0.3 is 24.0 Å². The van der Waals surface area contributed by atoms with Crippen LogP contribution >= 0.6 is 0 Å². The monoisotopic (exact) mass is 525 g/mol. The van der Waals surface area contributed by atoms with Crippen LogP contribution in [-0.4, -0.2) is 55.0 Å². The first-order valence-corrected chi connectivity index (χ1v) is 16.5. The molecule has 0 aromatic rings. The molecule has 0 radical (unpaired) electrons.